The molecule has 0 heterocycles. The molecule has 3 N–H and O–H groups in total. The summed E-state index contributed by atoms with van der Waals surface area (Å²) in [5.74, 6) is 0.629. The summed E-state index contributed by atoms with van der Waals surface area (Å²) in [5.41, 5.74) is 0.578. The average molecular weight is 278 g/mol. The molecule has 0 radical (unpaired) electrons. The summed E-state index contributed by atoms with van der Waals surface area (Å²) in [6.45, 7) is 3.22. The lowest BCUT2D eigenvalue weighted by atomic mass is 10.2. The number of hydrogen-bond donors (Lipinski definition) is 3. The van der Waals surface area contributed by atoms with Gasteiger partial charge in [-0.2, -0.15) is 5.26 Å². The summed E-state index contributed by atoms with van der Waals surface area (Å²) < 4.78 is 5.42. The quantitative estimate of drug-likeness (QED) is 0.588. The van der Waals surface area contributed by atoms with Crippen LogP contribution in [0.2, 0.25) is 0 Å². The van der Waals surface area contributed by atoms with Crippen LogP contribution in [0, 0.1) is 11.3 Å². The zero-order valence-corrected chi connectivity index (χ0v) is 11.7. The molecule has 2 atom stereocenters. The van der Waals surface area contributed by atoms with Gasteiger partial charge in [0.2, 0.25) is 0 Å². The van der Waals surface area contributed by atoms with Gasteiger partial charge in [0.05, 0.1) is 17.7 Å². The standard InChI is InChI=1S/C15H22N2O3/c1-2-13(18)7-8-17-10-14(19)11-20-15-5-3-12(9-16)4-6-15/h3-6,13-14,17-19H,2,7-8,10-11H2,1H3. The van der Waals surface area contributed by atoms with Crippen molar-refractivity contribution in [3.05, 3.63) is 29.8 Å². The Morgan fingerprint density at radius 3 is 2.55 bits per heavy atom. The van der Waals surface area contributed by atoms with E-state index in [4.69, 9.17) is 10.00 Å². The van der Waals surface area contributed by atoms with E-state index in [1.807, 2.05) is 13.0 Å². The van der Waals surface area contributed by atoms with E-state index in [2.05, 4.69) is 5.32 Å². The molecule has 110 valence electrons. The van der Waals surface area contributed by atoms with Crippen LogP contribution in [0.25, 0.3) is 0 Å². The third-order valence-electron chi connectivity index (χ3n) is 2.93. The van der Waals surface area contributed by atoms with Gasteiger partial charge in [-0.3, -0.25) is 0 Å². The Morgan fingerprint density at radius 2 is 1.95 bits per heavy atom. The molecule has 5 heteroatoms. The van der Waals surface area contributed by atoms with Gasteiger partial charge in [0, 0.05) is 6.54 Å². The summed E-state index contributed by atoms with van der Waals surface area (Å²) in [5, 5.41) is 30.8. The second kappa shape index (κ2) is 9.32. The van der Waals surface area contributed by atoms with E-state index in [1.54, 1.807) is 24.3 Å². The van der Waals surface area contributed by atoms with Gasteiger partial charge in [-0.1, -0.05) is 6.92 Å². The molecule has 0 amide bonds. The Kier molecular flexibility index (Phi) is 7.66. The molecule has 0 aliphatic carbocycles. The molecule has 1 aromatic rings. The highest BCUT2D eigenvalue weighted by molar-refractivity contribution is 5.34. The summed E-state index contributed by atoms with van der Waals surface area (Å²) in [6.07, 6.45) is 0.533. The number of rotatable bonds is 9. The third kappa shape index (κ3) is 6.53. The van der Waals surface area contributed by atoms with Gasteiger partial charge in [0.15, 0.2) is 0 Å². The van der Waals surface area contributed by atoms with Crippen LogP contribution < -0.4 is 10.1 Å². The van der Waals surface area contributed by atoms with Crippen LogP contribution in [0.4, 0.5) is 0 Å². The Morgan fingerprint density at radius 1 is 1.25 bits per heavy atom. The maximum absolute atomic E-state index is 9.73. The summed E-state index contributed by atoms with van der Waals surface area (Å²) in [6, 6.07) is 8.79. The van der Waals surface area contributed by atoms with Crippen molar-refractivity contribution in [3.63, 3.8) is 0 Å². The lowest BCUT2D eigenvalue weighted by Gasteiger charge is -2.14. The second-order valence-electron chi connectivity index (χ2n) is 4.66. The van der Waals surface area contributed by atoms with Crippen molar-refractivity contribution < 1.29 is 14.9 Å². The Labute approximate surface area is 119 Å². The molecule has 0 saturated heterocycles. The van der Waals surface area contributed by atoms with Crippen molar-refractivity contribution >= 4 is 0 Å². The number of nitriles is 1. The molecule has 0 bridgehead atoms. The molecular formula is C15H22N2O3. The van der Waals surface area contributed by atoms with Crippen molar-refractivity contribution in [1.82, 2.24) is 5.32 Å². The molecule has 1 aromatic carbocycles. The zero-order valence-electron chi connectivity index (χ0n) is 11.7. The minimum Gasteiger partial charge on any atom is -0.491 e. The molecule has 0 aliphatic heterocycles. The molecule has 2 unspecified atom stereocenters. The molecule has 0 fully saturated rings. The predicted molar refractivity (Wildman–Crippen MR) is 76.4 cm³/mol. The summed E-state index contributed by atoms with van der Waals surface area (Å²) in [4.78, 5) is 0. The fourth-order valence-corrected chi connectivity index (χ4v) is 1.62. The van der Waals surface area contributed by atoms with Gasteiger partial charge in [-0.25, -0.2) is 0 Å². The van der Waals surface area contributed by atoms with Crippen LogP contribution in [-0.4, -0.2) is 42.1 Å². The Hall–Kier alpha value is -1.61. The fraction of sp³-hybridized carbons (Fsp3) is 0.533. The molecule has 0 aliphatic rings. The maximum atomic E-state index is 9.73. The van der Waals surface area contributed by atoms with Crippen molar-refractivity contribution in [1.29, 1.82) is 5.26 Å². The minimum atomic E-state index is -0.607. The number of ether oxygens (including phenoxy) is 1. The fourth-order valence-electron chi connectivity index (χ4n) is 1.62. The van der Waals surface area contributed by atoms with E-state index in [1.165, 1.54) is 0 Å². The smallest absolute Gasteiger partial charge is 0.119 e. The highest BCUT2D eigenvalue weighted by atomic mass is 16.5. The molecule has 0 saturated carbocycles. The highest BCUT2D eigenvalue weighted by Gasteiger charge is 2.06. The molecular weight excluding hydrogens is 256 g/mol. The van der Waals surface area contributed by atoms with E-state index in [0.29, 0.717) is 30.8 Å². The van der Waals surface area contributed by atoms with Crippen LogP contribution in [0.5, 0.6) is 5.75 Å². The van der Waals surface area contributed by atoms with Crippen LogP contribution in [-0.2, 0) is 0 Å². The Bertz CT molecular complexity index is 414. The van der Waals surface area contributed by atoms with E-state index in [9.17, 15) is 10.2 Å². The normalized spacial score (nSPS) is 13.5. The topological polar surface area (TPSA) is 85.5 Å². The average Bonchev–Trinajstić information content (AvgIpc) is 2.49. The van der Waals surface area contributed by atoms with E-state index < -0.39 is 6.10 Å². The van der Waals surface area contributed by atoms with Gasteiger partial charge in [-0.05, 0) is 43.7 Å². The van der Waals surface area contributed by atoms with Gasteiger partial charge in [0.1, 0.15) is 18.5 Å². The molecule has 5 nitrogen and oxygen atoms in total. The molecule has 0 spiro atoms. The number of nitrogens with zero attached hydrogens (tertiary/aromatic N) is 1. The lowest BCUT2D eigenvalue weighted by molar-refractivity contribution is 0.104. The first kappa shape index (κ1) is 16.4. The van der Waals surface area contributed by atoms with Crippen molar-refractivity contribution in [2.24, 2.45) is 0 Å². The molecule has 1 rings (SSSR count). The van der Waals surface area contributed by atoms with Crippen LogP contribution >= 0.6 is 0 Å². The Balaban J connectivity index is 2.16. The summed E-state index contributed by atoms with van der Waals surface area (Å²) >= 11 is 0. The van der Waals surface area contributed by atoms with E-state index in [0.717, 1.165) is 6.42 Å². The monoisotopic (exact) mass is 278 g/mol. The first-order chi connectivity index (χ1) is 9.65. The van der Waals surface area contributed by atoms with Crippen molar-refractivity contribution in [2.45, 2.75) is 32.0 Å². The van der Waals surface area contributed by atoms with Crippen LogP contribution in [0.15, 0.2) is 24.3 Å². The lowest BCUT2D eigenvalue weighted by Crippen LogP contribution is -2.33. The van der Waals surface area contributed by atoms with Gasteiger partial charge < -0.3 is 20.3 Å². The number of benzene rings is 1. The minimum absolute atomic E-state index is 0.190. The summed E-state index contributed by atoms with van der Waals surface area (Å²) in [7, 11) is 0. The number of nitrogens with one attached hydrogen (secondary N) is 1. The highest BCUT2D eigenvalue weighted by Crippen LogP contribution is 2.11. The van der Waals surface area contributed by atoms with E-state index in [-0.39, 0.29) is 12.7 Å². The van der Waals surface area contributed by atoms with Gasteiger partial charge in [-0.15, -0.1) is 0 Å². The SMILES string of the molecule is CCC(O)CCNCC(O)COc1ccc(C#N)cc1. The van der Waals surface area contributed by atoms with Crippen molar-refractivity contribution in [2.75, 3.05) is 19.7 Å². The van der Waals surface area contributed by atoms with Crippen LogP contribution in [0.3, 0.4) is 0 Å². The predicted octanol–water partition coefficient (Wildman–Crippen LogP) is 1.05. The largest absolute Gasteiger partial charge is 0.491 e. The first-order valence-electron chi connectivity index (χ1n) is 6.85. The third-order valence-corrected chi connectivity index (χ3v) is 2.93. The van der Waals surface area contributed by atoms with E-state index >= 15 is 0 Å². The van der Waals surface area contributed by atoms with Gasteiger partial charge in [0.25, 0.3) is 0 Å². The molecule has 20 heavy (non-hydrogen) atoms. The maximum Gasteiger partial charge on any atom is 0.119 e. The number of aliphatic hydroxyl groups excluding tert-OH is 2. The van der Waals surface area contributed by atoms with Crippen molar-refractivity contribution in [3.8, 4) is 11.8 Å². The zero-order chi connectivity index (χ0) is 14.8. The number of hydrogen-bond acceptors (Lipinski definition) is 5. The molecule has 0 aromatic heterocycles. The first-order valence-corrected chi connectivity index (χ1v) is 6.85. The van der Waals surface area contributed by atoms with Gasteiger partial charge >= 0.3 is 0 Å². The second-order valence-corrected chi connectivity index (χ2v) is 4.66. The van der Waals surface area contributed by atoms with Crippen LogP contribution in [0.1, 0.15) is 25.3 Å². The number of aliphatic hydroxyl groups is 2.